The molecule has 22 heavy (non-hydrogen) atoms. The minimum Gasteiger partial charge on any atom is -0.349 e. The summed E-state index contributed by atoms with van der Waals surface area (Å²) in [5, 5.41) is 3.53. The van der Waals surface area contributed by atoms with Gasteiger partial charge in [0.15, 0.2) is 0 Å². The predicted octanol–water partition coefficient (Wildman–Crippen LogP) is 4.69. The lowest BCUT2D eigenvalue weighted by atomic mass is 10.1. The van der Waals surface area contributed by atoms with E-state index in [4.69, 9.17) is 23.2 Å². The van der Waals surface area contributed by atoms with Crippen molar-refractivity contribution in [2.75, 3.05) is 0 Å². The van der Waals surface area contributed by atoms with Gasteiger partial charge < -0.3 is 5.32 Å². The summed E-state index contributed by atoms with van der Waals surface area (Å²) >= 11 is 11.8. The molecule has 6 heteroatoms. The van der Waals surface area contributed by atoms with Crippen LogP contribution in [-0.2, 0) is 11.2 Å². The first kappa shape index (κ1) is 16.7. The molecule has 2 nitrogen and oxygen atoms in total. The summed E-state index contributed by atoms with van der Waals surface area (Å²) in [4.78, 5) is 12.0. The summed E-state index contributed by atoms with van der Waals surface area (Å²) in [6.07, 6.45) is 0.0448. The fraction of sp³-hybridized carbons (Fsp3) is 0.188. The molecule has 0 aliphatic carbocycles. The molecule has 0 saturated carbocycles. The lowest BCUT2D eigenvalue weighted by Gasteiger charge is -2.15. The highest BCUT2D eigenvalue weighted by molar-refractivity contribution is 6.35. The summed E-state index contributed by atoms with van der Waals surface area (Å²) in [7, 11) is 0. The second-order valence-corrected chi connectivity index (χ2v) is 5.71. The zero-order valence-corrected chi connectivity index (χ0v) is 13.2. The Kier molecular flexibility index (Phi) is 5.37. The Bertz CT molecular complexity index is 707. The van der Waals surface area contributed by atoms with Crippen LogP contribution in [0.15, 0.2) is 36.4 Å². The van der Waals surface area contributed by atoms with Gasteiger partial charge in [0.25, 0.3) is 0 Å². The maximum atomic E-state index is 13.7. The monoisotopic (exact) mass is 343 g/mol. The highest BCUT2D eigenvalue weighted by Crippen LogP contribution is 2.22. The van der Waals surface area contributed by atoms with E-state index < -0.39 is 17.7 Å². The number of nitrogens with one attached hydrogen (secondary N) is 1. The van der Waals surface area contributed by atoms with E-state index in [2.05, 4.69) is 5.32 Å². The summed E-state index contributed by atoms with van der Waals surface area (Å²) in [5.74, 6) is -1.68. The SMILES string of the molecule is C[C@H](NC(=O)Cc1ccc(Cl)cc1Cl)c1ccc(F)cc1F. The highest BCUT2D eigenvalue weighted by Gasteiger charge is 2.15. The van der Waals surface area contributed by atoms with Gasteiger partial charge in [-0.1, -0.05) is 35.3 Å². The molecular weight excluding hydrogens is 331 g/mol. The smallest absolute Gasteiger partial charge is 0.224 e. The summed E-state index contributed by atoms with van der Waals surface area (Å²) in [5.41, 5.74) is 0.840. The average Bonchev–Trinajstić information content (AvgIpc) is 2.41. The van der Waals surface area contributed by atoms with Crippen molar-refractivity contribution in [1.29, 1.82) is 0 Å². The van der Waals surface area contributed by atoms with Gasteiger partial charge in [-0.2, -0.15) is 0 Å². The van der Waals surface area contributed by atoms with E-state index in [1.165, 1.54) is 6.07 Å². The van der Waals surface area contributed by atoms with E-state index in [1.807, 2.05) is 0 Å². The number of hydrogen-bond acceptors (Lipinski definition) is 1. The second kappa shape index (κ2) is 7.07. The molecule has 116 valence electrons. The average molecular weight is 344 g/mol. The molecule has 0 radical (unpaired) electrons. The van der Waals surface area contributed by atoms with Crippen LogP contribution in [0.1, 0.15) is 24.1 Å². The van der Waals surface area contributed by atoms with Crippen LogP contribution in [-0.4, -0.2) is 5.91 Å². The first-order valence-corrected chi connectivity index (χ1v) is 7.30. The van der Waals surface area contributed by atoms with Crippen molar-refractivity contribution in [3.63, 3.8) is 0 Å². The van der Waals surface area contributed by atoms with E-state index in [9.17, 15) is 13.6 Å². The van der Waals surface area contributed by atoms with Crippen molar-refractivity contribution >= 4 is 29.1 Å². The Hall–Kier alpha value is -1.65. The zero-order valence-electron chi connectivity index (χ0n) is 11.7. The molecule has 0 bridgehead atoms. The molecule has 0 saturated heterocycles. The third kappa shape index (κ3) is 4.18. The lowest BCUT2D eigenvalue weighted by molar-refractivity contribution is -0.121. The van der Waals surface area contributed by atoms with Crippen molar-refractivity contribution in [3.05, 3.63) is 69.2 Å². The molecule has 0 fully saturated rings. The standard InChI is InChI=1S/C16H13Cl2F2NO/c1-9(13-5-4-12(19)8-15(13)20)21-16(22)6-10-2-3-11(17)7-14(10)18/h2-5,7-9H,6H2,1H3,(H,21,22)/t9-/m0/s1. The Balaban J connectivity index is 2.05. The number of amides is 1. The molecule has 1 N–H and O–H groups in total. The Morgan fingerprint density at radius 2 is 1.91 bits per heavy atom. The van der Waals surface area contributed by atoms with Crippen molar-refractivity contribution in [2.24, 2.45) is 0 Å². The van der Waals surface area contributed by atoms with Crippen molar-refractivity contribution < 1.29 is 13.6 Å². The molecule has 0 aromatic heterocycles. The fourth-order valence-corrected chi connectivity index (χ4v) is 2.54. The van der Waals surface area contributed by atoms with Crippen molar-refractivity contribution in [3.8, 4) is 0 Å². The molecule has 0 spiro atoms. The molecule has 2 rings (SSSR count). The largest absolute Gasteiger partial charge is 0.349 e. The van der Waals surface area contributed by atoms with Crippen molar-refractivity contribution in [1.82, 2.24) is 5.32 Å². The Morgan fingerprint density at radius 3 is 2.55 bits per heavy atom. The number of halogens is 4. The quantitative estimate of drug-likeness (QED) is 0.857. The van der Waals surface area contributed by atoms with Gasteiger partial charge in [-0.15, -0.1) is 0 Å². The summed E-state index contributed by atoms with van der Waals surface area (Å²) in [6, 6.07) is 7.51. The van der Waals surface area contributed by atoms with Gasteiger partial charge >= 0.3 is 0 Å². The third-order valence-corrected chi connectivity index (χ3v) is 3.76. The van der Waals surface area contributed by atoms with Crippen molar-refractivity contribution in [2.45, 2.75) is 19.4 Å². The predicted molar refractivity (Wildman–Crippen MR) is 83.1 cm³/mol. The molecule has 0 heterocycles. The number of hydrogen-bond donors (Lipinski definition) is 1. The van der Waals surface area contributed by atoms with Gasteiger partial charge in [0.1, 0.15) is 11.6 Å². The minimum atomic E-state index is -0.697. The number of benzene rings is 2. The summed E-state index contributed by atoms with van der Waals surface area (Å²) < 4.78 is 26.5. The van der Waals surface area contributed by atoms with Crippen LogP contribution in [0.2, 0.25) is 10.0 Å². The normalized spacial score (nSPS) is 12.0. The van der Waals surface area contributed by atoms with Crippen LogP contribution in [0.5, 0.6) is 0 Å². The second-order valence-electron chi connectivity index (χ2n) is 4.87. The van der Waals surface area contributed by atoms with E-state index in [0.29, 0.717) is 15.6 Å². The Morgan fingerprint density at radius 1 is 1.18 bits per heavy atom. The van der Waals surface area contributed by atoms with Crippen LogP contribution in [0.3, 0.4) is 0 Å². The van der Waals surface area contributed by atoms with Crippen LogP contribution in [0.25, 0.3) is 0 Å². The van der Waals surface area contributed by atoms with E-state index in [1.54, 1.807) is 25.1 Å². The molecule has 0 unspecified atom stereocenters. The van der Waals surface area contributed by atoms with Crippen LogP contribution < -0.4 is 5.32 Å². The molecule has 2 aromatic rings. The first-order valence-electron chi connectivity index (χ1n) is 6.55. The van der Waals surface area contributed by atoms with Crippen LogP contribution >= 0.6 is 23.2 Å². The first-order chi connectivity index (χ1) is 10.4. The molecule has 1 amide bonds. The van der Waals surface area contributed by atoms with Crippen LogP contribution in [0, 0.1) is 11.6 Å². The fourth-order valence-electron chi connectivity index (χ4n) is 2.06. The van der Waals surface area contributed by atoms with Gasteiger partial charge in [0, 0.05) is 21.7 Å². The van der Waals surface area contributed by atoms with E-state index >= 15 is 0 Å². The van der Waals surface area contributed by atoms with Gasteiger partial charge in [-0.25, -0.2) is 8.78 Å². The Labute approximate surface area is 137 Å². The number of carbonyl (C=O) groups excluding carboxylic acids is 1. The van der Waals surface area contributed by atoms with E-state index in [0.717, 1.165) is 12.1 Å². The topological polar surface area (TPSA) is 29.1 Å². The molecule has 0 aliphatic rings. The van der Waals surface area contributed by atoms with E-state index in [-0.39, 0.29) is 17.9 Å². The van der Waals surface area contributed by atoms with Crippen LogP contribution in [0.4, 0.5) is 8.78 Å². The third-order valence-electron chi connectivity index (χ3n) is 3.17. The van der Waals surface area contributed by atoms with Gasteiger partial charge in [-0.05, 0) is 30.7 Å². The minimum absolute atomic E-state index is 0.0448. The maximum Gasteiger partial charge on any atom is 0.224 e. The molecular formula is C16H13Cl2F2NO. The zero-order chi connectivity index (χ0) is 16.3. The number of rotatable bonds is 4. The molecule has 0 aliphatic heterocycles. The van der Waals surface area contributed by atoms with Gasteiger partial charge in [0.2, 0.25) is 5.91 Å². The van der Waals surface area contributed by atoms with Gasteiger partial charge in [-0.3, -0.25) is 4.79 Å². The lowest BCUT2D eigenvalue weighted by Crippen LogP contribution is -2.28. The summed E-state index contributed by atoms with van der Waals surface area (Å²) in [6.45, 7) is 1.62. The maximum absolute atomic E-state index is 13.7. The van der Waals surface area contributed by atoms with Gasteiger partial charge in [0.05, 0.1) is 12.5 Å². The molecule has 2 aromatic carbocycles. The number of carbonyl (C=O) groups is 1. The highest BCUT2D eigenvalue weighted by atomic mass is 35.5. The molecule has 1 atom stereocenters.